The van der Waals surface area contributed by atoms with Crippen LogP contribution in [-0.2, 0) is 30.8 Å². The number of aromatic nitrogens is 4. The summed E-state index contributed by atoms with van der Waals surface area (Å²) >= 11 is 12.1. The van der Waals surface area contributed by atoms with Crippen LogP contribution >= 0.6 is 23.2 Å². The zero-order chi connectivity index (χ0) is 24.7. The Morgan fingerprint density at radius 2 is 1.82 bits per heavy atom. The molecule has 0 fully saturated rings. The molecule has 2 heterocycles. The molecule has 3 aromatic rings. The molecule has 1 aromatic carbocycles. The number of amides is 1. The summed E-state index contributed by atoms with van der Waals surface area (Å²) in [5, 5.41) is 21.4. The largest absolute Gasteiger partial charge is 0.481 e. The molecule has 0 bridgehead atoms. The number of rotatable bonds is 12. The van der Waals surface area contributed by atoms with Gasteiger partial charge in [0.1, 0.15) is 12.2 Å². The van der Waals surface area contributed by atoms with Crippen molar-refractivity contribution in [3.8, 4) is 11.8 Å². The lowest BCUT2D eigenvalue weighted by Crippen LogP contribution is -2.23. The van der Waals surface area contributed by atoms with Crippen LogP contribution in [0.4, 0.5) is 0 Å². The van der Waals surface area contributed by atoms with Crippen molar-refractivity contribution < 1.29 is 24.2 Å². The van der Waals surface area contributed by atoms with Crippen LogP contribution in [0.2, 0.25) is 10.0 Å². The van der Waals surface area contributed by atoms with Crippen LogP contribution in [-0.4, -0.2) is 49.8 Å². The molecule has 0 aliphatic rings. The lowest BCUT2D eigenvalue weighted by molar-refractivity contribution is -0.136. The van der Waals surface area contributed by atoms with Gasteiger partial charge >= 0.3 is 5.97 Å². The van der Waals surface area contributed by atoms with Crippen molar-refractivity contribution in [3.05, 3.63) is 57.3 Å². The van der Waals surface area contributed by atoms with E-state index in [4.69, 9.17) is 37.8 Å². The molecule has 10 nitrogen and oxygen atoms in total. The van der Waals surface area contributed by atoms with Gasteiger partial charge in [-0.15, -0.1) is 10.2 Å². The Morgan fingerprint density at radius 1 is 1.06 bits per heavy atom. The monoisotopic (exact) mass is 509 g/mol. The average molecular weight is 510 g/mol. The van der Waals surface area contributed by atoms with Crippen LogP contribution in [0.5, 0.6) is 11.8 Å². The van der Waals surface area contributed by atoms with Gasteiger partial charge in [0.25, 0.3) is 5.91 Å². The number of carbonyl (C=O) groups is 2. The van der Waals surface area contributed by atoms with Crippen molar-refractivity contribution in [1.82, 2.24) is 24.9 Å². The van der Waals surface area contributed by atoms with Crippen LogP contribution < -0.4 is 14.8 Å². The highest BCUT2D eigenvalue weighted by molar-refractivity contribution is 6.35. The van der Waals surface area contributed by atoms with Gasteiger partial charge in [-0.05, 0) is 31.5 Å². The summed E-state index contributed by atoms with van der Waals surface area (Å²) in [6.45, 7) is 5.29. The van der Waals surface area contributed by atoms with Gasteiger partial charge < -0.3 is 19.9 Å². The van der Waals surface area contributed by atoms with Gasteiger partial charge in [-0.25, -0.2) is 0 Å². The second-order valence-corrected chi connectivity index (χ2v) is 8.04. The van der Waals surface area contributed by atoms with Crippen LogP contribution in [0, 0.1) is 0 Å². The van der Waals surface area contributed by atoms with Crippen LogP contribution in [0.3, 0.4) is 0 Å². The van der Waals surface area contributed by atoms with E-state index in [0.29, 0.717) is 35.3 Å². The molecule has 0 spiro atoms. The summed E-state index contributed by atoms with van der Waals surface area (Å²) in [6, 6.07) is 5.05. The van der Waals surface area contributed by atoms with E-state index in [1.807, 2.05) is 6.92 Å². The zero-order valence-electron chi connectivity index (χ0n) is 18.8. The van der Waals surface area contributed by atoms with Gasteiger partial charge in [0, 0.05) is 41.1 Å². The van der Waals surface area contributed by atoms with Gasteiger partial charge in [0.15, 0.2) is 0 Å². The summed E-state index contributed by atoms with van der Waals surface area (Å²) in [5.41, 5.74) is 1.49. The van der Waals surface area contributed by atoms with Gasteiger partial charge in [-0.2, -0.15) is 0 Å². The lowest BCUT2D eigenvalue weighted by Gasteiger charge is -2.07. The van der Waals surface area contributed by atoms with Crippen molar-refractivity contribution in [2.24, 2.45) is 0 Å². The Hall–Kier alpha value is -3.24. The van der Waals surface area contributed by atoms with Crippen molar-refractivity contribution in [1.29, 1.82) is 0 Å². The Kier molecular flexibility index (Phi) is 8.78. The number of hydrogen-bond donors (Lipinski definition) is 2. The minimum atomic E-state index is -0.968. The third kappa shape index (κ3) is 6.64. The Morgan fingerprint density at radius 3 is 2.50 bits per heavy atom. The molecule has 2 N–H and O–H groups in total. The van der Waals surface area contributed by atoms with Crippen molar-refractivity contribution in [3.63, 3.8) is 0 Å². The average Bonchev–Trinajstić information content (AvgIpc) is 3.36. The summed E-state index contributed by atoms with van der Waals surface area (Å²) in [7, 11) is 0. The van der Waals surface area contributed by atoms with Crippen molar-refractivity contribution in [2.75, 3.05) is 13.2 Å². The second-order valence-electron chi connectivity index (χ2n) is 7.20. The second kappa shape index (κ2) is 11.8. The summed E-state index contributed by atoms with van der Waals surface area (Å²) in [6.07, 6.45) is 3.03. The number of nitrogens with one attached hydrogen (secondary N) is 1. The quantitative estimate of drug-likeness (QED) is 0.383. The standard InChI is InChI=1S/C22H25Cl2N5O5/c1-3-28-12-15(9-19(30)31)21(26-28)34-8-7-29-13-17(22(27-29)33-4-2)20(32)25-11-14-5-6-16(23)10-18(14)24/h5-6,10,12-13H,3-4,7-9,11H2,1-2H3,(H,25,32)(H,30,31). The first kappa shape index (κ1) is 25.4. The molecule has 3 rings (SSSR count). The number of ether oxygens (including phenoxy) is 2. The Bertz CT molecular complexity index is 1160. The SMILES string of the molecule is CCOc1nn(CCOc2nn(CC)cc2CC(=O)O)cc1C(=O)NCc1ccc(Cl)cc1Cl. The Balaban J connectivity index is 1.65. The predicted octanol–water partition coefficient (Wildman–Crippen LogP) is 3.44. The van der Waals surface area contributed by atoms with Crippen LogP contribution in [0.25, 0.3) is 0 Å². The molecule has 34 heavy (non-hydrogen) atoms. The predicted molar refractivity (Wildman–Crippen MR) is 126 cm³/mol. The van der Waals surface area contributed by atoms with E-state index in [1.165, 1.54) is 4.68 Å². The first-order chi connectivity index (χ1) is 16.3. The molecule has 0 saturated carbocycles. The molecule has 12 heteroatoms. The molecule has 0 aliphatic heterocycles. The molecule has 0 unspecified atom stereocenters. The Labute approximate surface area is 206 Å². The van der Waals surface area contributed by atoms with E-state index in [1.54, 1.807) is 42.2 Å². The van der Waals surface area contributed by atoms with Gasteiger partial charge in [-0.3, -0.25) is 19.0 Å². The molecule has 2 aromatic heterocycles. The molecular formula is C22H25Cl2N5O5. The number of nitrogens with zero attached hydrogens (tertiary/aromatic N) is 4. The maximum Gasteiger partial charge on any atom is 0.308 e. The van der Waals surface area contributed by atoms with E-state index in [2.05, 4.69) is 15.5 Å². The topological polar surface area (TPSA) is 120 Å². The van der Waals surface area contributed by atoms with E-state index >= 15 is 0 Å². The maximum absolute atomic E-state index is 12.8. The number of carbonyl (C=O) groups excluding carboxylic acids is 1. The van der Waals surface area contributed by atoms with Crippen molar-refractivity contribution in [2.45, 2.75) is 39.9 Å². The molecule has 0 saturated heterocycles. The van der Waals surface area contributed by atoms with Gasteiger partial charge in [0.2, 0.25) is 11.8 Å². The number of aryl methyl sites for hydroxylation is 1. The van der Waals surface area contributed by atoms with E-state index in [-0.39, 0.29) is 42.8 Å². The number of benzene rings is 1. The fraction of sp³-hybridized carbons (Fsp3) is 0.364. The molecule has 1 amide bonds. The molecule has 0 radical (unpaired) electrons. The fourth-order valence-electron chi connectivity index (χ4n) is 3.10. The van der Waals surface area contributed by atoms with E-state index < -0.39 is 5.97 Å². The summed E-state index contributed by atoms with van der Waals surface area (Å²) < 4.78 is 14.4. The number of halogens is 2. The van der Waals surface area contributed by atoms with Crippen molar-refractivity contribution >= 4 is 35.1 Å². The molecule has 0 atom stereocenters. The highest BCUT2D eigenvalue weighted by Gasteiger charge is 2.19. The first-order valence-corrected chi connectivity index (χ1v) is 11.4. The smallest absolute Gasteiger partial charge is 0.308 e. The number of aliphatic carboxylic acids is 1. The number of carboxylic acids is 1. The van der Waals surface area contributed by atoms with Crippen LogP contribution in [0.15, 0.2) is 30.6 Å². The lowest BCUT2D eigenvalue weighted by atomic mass is 10.2. The minimum absolute atomic E-state index is 0.169. The summed E-state index contributed by atoms with van der Waals surface area (Å²) in [5.74, 6) is -0.875. The van der Waals surface area contributed by atoms with Gasteiger partial charge in [0.05, 0.1) is 19.6 Å². The third-order valence-electron chi connectivity index (χ3n) is 4.73. The highest BCUT2D eigenvalue weighted by Crippen LogP contribution is 2.22. The molecular weight excluding hydrogens is 485 g/mol. The molecule has 182 valence electrons. The van der Waals surface area contributed by atoms with E-state index in [0.717, 1.165) is 5.56 Å². The first-order valence-electron chi connectivity index (χ1n) is 10.6. The highest BCUT2D eigenvalue weighted by atomic mass is 35.5. The number of hydrogen-bond acceptors (Lipinski definition) is 6. The third-order valence-corrected chi connectivity index (χ3v) is 5.32. The zero-order valence-corrected chi connectivity index (χ0v) is 20.3. The van der Waals surface area contributed by atoms with Crippen LogP contribution in [0.1, 0.15) is 35.3 Å². The fourth-order valence-corrected chi connectivity index (χ4v) is 3.58. The number of carboxylic acid groups (broad SMARTS) is 1. The van der Waals surface area contributed by atoms with Gasteiger partial charge in [-0.1, -0.05) is 29.3 Å². The normalized spacial score (nSPS) is 10.8. The molecule has 0 aliphatic carbocycles. The summed E-state index contributed by atoms with van der Waals surface area (Å²) in [4.78, 5) is 23.9. The minimum Gasteiger partial charge on any atom is -0.481 e. The van der Waals surface area contributed by atoms with E-state index in [9.17, 15) is 9.59 Å². The maximum atomic E-state index is 12.8.